The second-order valence-corrected chi connectivity index (χ2v) is 8.92. The van der Waals surface area contributed by atoms with E-state index in [4.69, 9.17) is 9.47 Å². The first-order chi connectivity index (χ1) is 14.8. The van der Waals surface area contributed by atoms with Gasteiger partial charge >= 0.3 is 0 Å². The maximum Gasteiger partial charge on any atom is 0.257 e. The van der Waals surface area contributed by atoms with Gasteiger partial charge in [-0.15, -0.1) is 0 Å². The van der Waals surface area contributed by atoms with Gasteiger partial charge < -0.3 is 14.8 Å². The highest BCUT2D eigenvalue weighted by Gasteiger charge is 2.13. The van der Waals surface area contributed by atoms with E-state index in [1.54, 1.807) is 0 Å². The van der Waals surface area contributed by atoms with Crippen LogP contribution in [0, 0.1) is 10.5 Å². The summed E-state index contributed by atoms with van der Waals surface area (Å²) in [4.78, 5) is 17.3. The van der Waals surface area contributed by atoms with Gasteiger partial charge in [0.15, 0.2) is 0 Å². The van der Waals surface area contributed by atoms with Crippen LogP contribution in [0.3, 0.4) is 0 Å². The third-order valence-corrected chi connectivity index (χ3v) is 5.20. The summed E-state index contributed by atoms with van der Waals surface area (Å²) < 4.78 is 12.7. The molecule has 0 bridgehead atoms. The average molecular weight is 530 g/mol. The first-order valence-electron chi connectivity index (χ1n) is 10.3. The van der Waals surface area contributed by atoms with Crippen molar-refractivity contribution in [1.29, 1.82) is 0 Å². The van der Waals surface area contributed by atoms with Crippen molar-refractivity contribution in [2.75, 3.05) is 5.32 Å². The van der Waals surface area contributed by atoms with E-state index in [1.165, 1.54) is 0 Å². The SMILES string of the molecule is Cc1nc(CC(C)OC(C)C)ccc1C(=O)Nc1ccc(Oc2cccc(I)c2)cc1. The number of hydrogen-bond donors (Lipinski definition) is 1. The molecule has 0 saturated heterocycles. The number of aromatic nitrogens is 1. The summed E-state index contributed by atoms with van der Waals surface area (Å²) in [5.74, 6) is 1.30. The van der Waals surface area contributed by atoms with E-state index < -0.39 is 0 Å². The molecule has 5 nitrogen and oxygen atoms in total. The Balaban J connectivity index is 1.61. The Labute approximate surface area is 197 Å². The number of rotatable bonds is 8. The number of anilines is 1. The lowest BCUT2D eigenvalue weighted by Crippen LogP contribution is -2.18. The number of pyridine rings is 1. The molecule has 0 radical (unpaired) electrons. The second kappa shape index (κ2) is 10.7. The van der Waals surface area contributed by atoms with Crippen molar-refractivity contribution in [2.24, 2.45) is 0 Å². The largest absolute Gasteiger partial charge is 0.457 e. The van der Waals surface area contributed by atoms with Crippen LogP contribution in [0.15, 0.2) is 60.7 Å². The number of ether oxygens (including phenoxy) is 2. The van der Waals surface area contributed by atoms with Crippen LogP contribution in [-0.4, -0.2) is 23.1 Å². The lowest BCUT2D eigenvalue weighted by atomic mass is 10.1. The van der Waals surface area contributed by atoms with Crippen LogP contribution < -0.4 is 10.1 Å². The quantitative estimate of drug-likeness (QED) is 0.343. The van der Waals surface area contributed by atoms with Crippen molar-refractivity contribution in [3.05, 3.63) is 81.2 Å². The predicted molar refractivity (Wildman–Crippen MR) is 132 cm³/mol. The van der Waals surface area contributed by atoms with Crippen molar-refractivity contribution < 1.29 is 14.3 Å². The molecule has 1 heterocycles. The molecule has 6 heteroatoms. The summed E-state index contributed by atoms with van der Waals surface area (Å²) in [6.45, 7) is 7.92. The molecule has 0 spiro atoms. The normalized spacial score (nSPS) is 11.9. The van der Waals surface area contributed by atoms with Gasteiger partial charge in [-0.05, 0) is 105 Å². The molecular weight excluding hydrogens is 503 g/mol. The summed E-state index contributed by atoms with van der Waals surface area (Å²) in [5, 5.41) is 2.93. The Kier molecular flexibility index (Phi) is 8.03. The van der Waals surface area contributed by atoms with Crippen molar-refractivity contribution in [3.8, 4) is 11.5 Å². The third-order valence-electron chi connectivity index (χ3n) is 4.53. The van der Waals surface area contributed by atoms with E-state index >= 15 is 0 Å². The van der Waals surface area contributed by atoms with E-state index in [0.29, 0.717) is 29.1 Å². The minimum absolute atomic E-state index is 0.0756. The Hall–Kier alpha value is -2.45. The van der Waals surface area contributed by atoms with Gasteiger partial charge in [-0.3, -0.25) is 9.78 Å². The molecule has 1 aromatic heterocycles. The molecule has 31 heavy (non-hydrogen) atoms. The molecule has 1 unspecified atom stereocenters. The van der Waals surface area contributed by atoms with Crippen molar-refractivity contribution in [1.82, 2.24) is 4.98 Å². The van der Waals surface area contributed by atoms with E-state index in [9.17, 15) is 4.79 Å². The molecule has 162 valence electrons. The smallest absolute Gasteiger partial charge is 0.257 e. The van der Waals surface area contributed by atoms with Crippen LogP contribution in [0.1, 0.15) is 42.5 Å². The Morgan fingerprint density at radius 1 is 1.03 bits per heavy atom. The minimum Gasteiger partial charge on any atom is -0.457 e. The van der Waals surface area contributed by atoms with Crippen LogP contribution in [0.25, 0.3) is 0 Å². The van der Waals surface area contributed by atoms with Gasteiger partial charge in [0.1, 0.15) is 11.5 Å². The zero-order valence-corrected chi connectivity index (χ0v) is 20.3. The average Bonchev–Trinajstić information content (AvgIpc) is 2.69. The Morgan fingerprint density at radius 2 is 1.77 bits per heavy atom. The molecule has 0 saturated carbocycles. The fraction of sp³-hybridized carbons (Fsp3) is 0.280. The number of nitrogens with one attached hydrogen (secondary N) is 1. The maximum atomic E-state index is 12.7. The first kappa shape index (κ1) is 23.2. The van der Waals surface area contributed by atoms with Crippen molar-refractivity contribution >= 4 is 34.2 Å². The molecule has 3 rings (SSSR count). The molecule has 1 amide bonds. The number of halogens is 1. The van der Waals surface area contributed by atoms with Gasteiger partial charge in [0.25, 0.3) is 5.91 Å². The molecule has 1 atom stereocenters. The van der Waals surface area contributed by atoms with Gasteiger partial charge in [0.2, 0.25) is 0 Å². The summed E-state index contributed by atoms with van der Waals surface area (Å²) in [5.41, 5.74) is 2.87. The molecule has 2 aromatic carbocycles. The second-order valence-electron chi connectivity index (χ2n) is 7.67. The van der Waals surface area contributed by atoms with Crippen LogP contribution in [0.2, 0.25) is 0 Å². The van der Waals surface area contributed by atoms with Gasteiger partial charge in [0.05, 0.1) is 23.5 Å². The molecule has 3 aromatic rings. The van der Waals surface area contributed by atoms with Gasteiger partial charge in [-0.25, -0.2) is 0 Å². The highest BCUT2D eigenvalue weighted by Crippen LogP contribution is 2.24. The Morgan fingerprint density at radius 3 is 2.42 bits per heavy atom. The van der Waals surface area contributed by atoms with Gasteiger partial charge in [-0.1, -0.05) is 6.07 Å². The number of amides is 1. The van der Waals surface area contributed by atoms with Crippen molar-refractivity contribution in [2.45, 2.75) is 46.3 Å². The van der Waals surface area contributed by atoms with Gasteiger partial charge in [0, 0.05) is 21.4 Å². The third kappa shape index (κ3) is 7.04. The van der Waals surface area contributed by atoms with E-state index in [1.807, 2.05) is 88.4 Å². The molecule has 0 aliphatic carbocycles. The fourth-order valence-electron chi connectivity index (χ4n) is 3.25. The lowest BCUT2D eigenvalue weighted by molar-refractivity contribution is 0.0190. The lowest BCUT2D eigenvalue weighted by Gasteiger charge is -2.16. The Bertz CT molecular complexity index is 1040. The zero-order valence-electron chi connectivity index (χ0n) is 18.2. The molecule has 1 N–H and O–H groups in total. The number of nitrogens with zero attached hydrogens (tertiary/aromatic N) is 1. The highest BCUT2D eigenvalue weighted by molar-refractivity contribution is 14.1. The van der Waals surface area contributed by atoms with Crippen LogP contribution in [0.5, 0.6) is 11.5 Å². The van der Waals surface area contributed by atoms with E-state index in [0.717, 1.165) is 15.0 Å². The topological polar surface area (TPSA) is 60.5 Å². The minimum atomic E-state index is -0.186. The summed E-state index contributed by atoms with van der Waals surface area (Å²) >= 11 is 2.25. The predicted octanol–water partition coefficient (Wildman–Crippen LogP) is 6.40. The fourth-order valence-corrected chi connectivity index (χ4v) is 3.76. The first-order valence-corrected chi connectivity index (χ1v) is 11.3. The van der Waals surface area contributed by atoms with Crippen molar-refractivity contribution in [3.63, 3.8) is 0 Å². The van der Waals surface area contributed by atoms with Crippen LogP contribution in [0.4, 0.5) is 5.69 Å². The summed E-state index contributed by atoms with van der Waals surface area (Å²) in [7, 11) is 0. The number of carbonyl (C=O) groups is 1. The molecule has 0 fully saturated rings. The van der Waals surface area contributed by atoms with Crippen LogP contribution in [-0.2, 0) is 11.2 Å². The zero-order chi connectivity index (χ0) is 22.4. The summed E-state index contributed by atoms with van der Waals surface area (Å²) in [6, 6.07) is 18.9. The van der Waals surface area contributed by atoms with Gasteiger partial charge in [-0.2, -0.15) is 0 Å². The van der Waals surface area contributed by atoms with E-state index in [-0.39, 0.29) is 18.1 Å². The molecular formula is C25H27IN2O3. The maximum absolute atomic E-state index is 12.7. The number of aryl methyl sites for hydroxylation is 1. The molecule has 0 aliphatic heterocycles. The molecule has 0 aliphatic rings. The monoisotopic (exact) mass is 530 g/mol. The van der Waals surface area contributed by atoms with E-state index in [2.05, 4.69) is 32.9 Å². The standard InChI is InChI=1S/C25H27IN2O3/c1-16(2)30-17(3)14-21-10-13-24(18(4)27-21)25(29)28-20-8-11-22(12-9-20)31-23-7-5-6-19(26)15-23/h5-13,15-17H,14H2,1-4H3,(H,28,29). The number of benzene rings is 2. The number of carbonyl (C=O) groups excluding carboxylic acids is 1. The summed E-state index contributed by atoms with van der Waals surface area (Å²) in [6.07, 6.45) is 0.962. The number of hydrogen-bond acceptors (Lipinski definition) is 4. The highest BCUT2D eigenvalue weighted by atomic mass is 127. The van der Waals surface area contributed by atoms with Crippen LogP contribution >= 0.6 is 22.6 Å².